The van der Waals surface area contributed by atoms with Crippen molar-refractivity contribution in [3.05, 3.63) is 9.90 Å². The largest absolute Gasteiger partial charge is 0.381 e. The highest BCUT2D eigenvalue weighted by molar-refractivity contribution is 14.1. The summed E-state index contributed by atoms with van der Waals surface area (Å²) in [5.41, 5.74) is 5.49. The molecular weight excluding hydrogens is 243 g/mol. The van der Waals surface area contributed by atoms with E-state index in [-0.39, 0.29) is 0 Å². The minimum Gasteiger partial charge on any atom is -0.381 e. The molecule has 1 aromatic heterocycles. The van der Waals surface area contributed by atoms with Crippen molar-refractivity contribution in [1.82, 2.24) is 9.97 Å². The van der Waals surface area contributed by atoms with Gasteiger partial charge >= 0.3 is 0 Å². The lowest BCUT2D eigenvalue weighted by Crippen LogP contribution is -2.01. The number of hydrogen-bond donors (Lipinski definition) is 2. The quantitative estimate of drug-likeness (QED) is 0.720. The van der Waals surface area contributed by atoms with Crippen molar-refractivity contribution in [3.8, 4) is 0 Å². The van der Waals surface area contributed by atoms with Crippen LogP contribution in [0.2, 0.25) is 0 Å². The highest BCUT2D eigenvalue weighted by atomic mass is 127. The fourth-order valence-electron chi connectivity index (χ4n) is 0.573. The molecule has 5 heteroatoms. The molecule has 3 N–H and O–H groups in total. The molecule has 0 bridgehead atoms. The standard InChI is InChI=1S/C5H7IN4/c1-8-5-4(7)10-3(6)2-9-5/h2H,1H3,(H2,7,10)(H,8,9). The number of rotatable bonds is 1. The van der Waals surface area contributed by atoms with Crippen molar-refractivity contribution in [3.63, 3.8) is 0 Å². The predicted octanol–water partition coefficient (Wildman–Crippen LogP) is 0.705. The number of anilines is 2. The van der Waals surface area contributed by atoms with Gasteiger partial charge in [-0.1, -0.05) is 0 Å². The Labute approximate surface area is 72.4 Å². The molecule has 0 unspecified atom stereocenters. The van der Waals surface area contributed by atoms with Crippen LogP contribution in [0, 0.1) is 3.70 Å². The Balaban J connectivity index is 3.07. The zero-order chi connectivity index (χ0) is 7.56. The normalized spacial score (nSPS) is 9.40. The number of nitrogens with zero attached hydrogens (tertiary/aromatic N) is 2. The van der Waals surface area contributed by atoms with E-state index in [1.807, 2.05) is 0 Å². The Morgan fingerprint density at radius 2 is 2.40 bits per heavy atom. The Bertz CT molecular complexity index is 237. The summed E-state index contributed by atoms with van der Waals surface area (Å²) in [6, 6.07) is 0. The lowest BCUT2D eigenvalue weighted by atomic mass is 10.6. The first kappa shape index (κ1) is 7.52. The molecule has 1 aromatic rings. The molecule has 10 heavy (non-hydrogen) atoms. The Morgan fingerprint density at radius 1 is 1.70 bits per heavy atom. The van der Waals surface area contributed by atoms with Crippen molar-refractivity contribution in [2.75, 3.05) is 18.1 Å². The maximum Gasteiger partial charge on any atom is 0.168 e. The summed E-state index contributed by atoms with van der Waals surface area (Å²) in [6.45, 7) is 0. The van der Waals surface area contributed by atoms with Gasteiger partial charge < -0.3 is 11.1 Å². The molecule has 0 aromatic carbocycles. The van der Waals surface area contributed by atoms with Crippen LogP contribution in [0.5, 0.6) is 0 Å². The van der Waals surface area contributed by atoms with Crippen molar-refractivity contribution in [1.29, 1.82) is 0 Å². The highest BCUT2D eigenvalue weighted by Gasteiger charge is 1.98. The molecular formula is C5H7IN4. The van der Waals surface area contributed by atoms with Crippen LogP contribution in [-0.2, 0) is 0 Å². The smallest absolute Gasteiger partial charge is 0.168 e. The first-order valence-electron chi connectivity index (χ1n) is 2.70. The van der Waals surface area contributed by atoms with Crippen LogP contribution in [0.4, 0.5) is 11.6 Å². The maximum absolute atomic E-state index is 5.49. The molecule has 0 atom stereocenters. The minimum absolute atomic E-state index is 0.439. The molecule has 4 nitrogen and oxygen atoms in total. The Kier molecular flexibility index (Phi) is 2.25. The van der Waals surface area contributed by atoms with Crippen LogP contribution in [0.15, 0.2) is 6.20 Å². The SMILES string of the molecule is CNc1ncc(I)nc1N. The van der Waals surface area contributed by atoms with Crippen LogP contribution in [0.1, 0.15) is 0 Å². The van der Waals surface area contributed by atoms with Gasteiger partial charge in [-0.2, -0.15) is 0 Å². The van der Waals surface area contributed by atoms with Gasteiger partial charge in [0, 0.05) is 7.05 Å². The monoisotopic (exact) mass is 250 g/mol. The van der Waals surface area contributed by atoms with Crippen LogP contribution >= 0.6 is 22.6 Å². The molecule has 0 saturated heterocycles. The van der Waals surface area contributed by atoms with Crippen LogP contribution < -0.4 is 11.1 Å². The number of halogens is 1. The molecule has 0 radical (unpaired) electrons. The average molecular weight is 250 g/mol. The number of nitrogen functional groups attached to an aromatic ring is 1. The minimum atomic E-state index is 0.439. The molecule has 0 amide bonds. The molecule has 0 spiro atoms. The summed E-state index contributed by atoms with van der Waals surface area (Å²) in [6.07, 6.45) is 1.66. The zero-order valence-electron chi connectivity index (χ0n) is 5.43. The first-order valence-corrected chi connectivity index (χ1v) is 3.77. The van der Waals surface area contributed by atoms with E-state index in [4.69, 9.17) is 5.73 Å². The zero-order valence-corrected chi connectivity index (χ0v) is 7.58. The van der Waals surface area contributed by atoms with E-state index in [0.29, 0.717) is 11.6 Å². The summed E-state index contributed by atoms with van der Waals surface area (Å²) >= 11 is 2.06. The van der Waals surface area contributed by atoms with Gasteiger partial charge in [-0.3, -0.25) is 0 Å². The van der Waals surface area contributed by atoms with Crippen LogP contribution in [0.25, 0.3) is 0 Å². The van der Waals surface area contributed by atoms with E-state index >= 15 is 0 Å². The van der Waals surface area contributed by atoms with Gasteiger partial charge in [0.05, 0.1) is 6.20 Å². The number of nitrogens with two attached hydrogens (primary N) is 1. The summed E-state index contributed by atoms with van der Waals surface area (Å²) < 4.78 is 0.800. The number of hydrogen-bond acceptors (Lipinski definition) is 4. The van der Waals surface area contributed by atoms with E-state index in [2.05, 4.69) is 37.9 Å². The third-order valence-corrected chi connectivity index (χ3v) is 1.53. The van der Waals surface area contributed by atoms with Gasteiger partial charge in [0.15, 0.2) is 11.6 Å². The third kappa shape index (κ3) is 1.47. The predicted molar refractivity (Wildman–Crippen MR) is 48.7 cm³/mol. The molecule has 0 fully saturated rings. The van der Waals surface area contributed by atoms with E-state index in [1.54, 1.807) is 13.2 Å². The highest BCUT2D eigenvalue weighted by Crippen LogP contribution is 2.11. The summed E-state index contributed by atoms with van der Waals surface area (Å²) in [7, 11) is 1.76. The first-order chi connectivity index (χ1) is 4.74. The fourth-order valence-corrected chi connectivity index (χ4v) is 0.973. The molecule has 0 aliphatic heterocycles. The topological polar surface area (TPSA) is 63.8 Å². The molecule has 1 heterocycles. The second-order valence-corrected chi connectivity index (χ2v) is 2.78. The number of nitrogens with one attached hydrogen (secondary N) is 1. The Hall–Kier alpha value is -0.590. The second-order valence-electron chi connectivity index (χ2n) is 1.68. The van der Waals surface area contributed by atoms with Gasteiger partial charge in [-0.15, -0.1) is 0 Å². The van der Waals surface area contributed by atoms with Gasteiger partial charge in [0.2, 0.25) is 0 Å². The van der Waals surface area contributed by atoms with Crippen molar-refractivity contribution in [2.24, 2.45) is 0 Å². The van der Waals surface area contributed by atoms with E-state index in [9.17, 15) is 0 Å². The molecule has 0 aliphatic rings. The second kappa shape index (κ2) is 3.00. The Morgan fingerprint density at radius 3 is 2.90 bits per heavy atom. The van der Waals surface area contributed by atoms with E-state index in [0.717, 1.165) is 3.70 Å². The average Bonchev–Trinajstić information content (AvgIpc) is 1.88. The fraction of sp³-hybridized carbons (Fsp3) is 0.200. The summed E-state index contributed by atoms with van der Waals surface area (Å²) in [5, 5.41) is 2.82. The summed E-state index contributed by atoms with van der Waals surface area (Å²) in [4.78, 5) is 7.97. The van der Waals surface area contributed by atoms with Crippen molar-refractivity contribution >= 4 is 34.2 Å². The van der Waals surface area contributed by atoms with Crippen molar-refractivity contribution < 1.29 is 0 Å². The molecule has 54 valence electrons. The molecule has 0 saturated carbocycles. The number of aromatic nitrogens is 2. The van der Waals surface area contributed by atoms with E-state index in [1.165, 1.54) is 0 Å². The van der Waals surface area contributed by atoms with Crippen LogP contribution in [-0.4, -0.2) is 17.0 Å². The van der Waals surface area contributed by atoms with Gasteiger partial charge in [-0.25, -0.2) is 9.97 Å². The lowest BCUT2D eigenvalue weighted by molar-refractivity contribution is 1.16. The summed E-state index contributed by atoms with van der Waals surface area (Å²) in [5.74, 6) is 1.06. The van der Waals surface area contributed by atoms with Crippen LogP contribution in [0.3, 0.4) is 0 Å². The maximum atomic E-state index is 5.49. The third-order valence-electron chi connectivity index (χ3n) is 1.01. The van der Waals surface area contributed by atoms with Gasteiger partial charge in [0.1, 0.15) is 3.70 Å². The van der Waals surface area contributed by atoms with Gasteiger partial charge in [0.25, 0.3) is 0 Å². The lowest BCUT2D eigenvalue weighted by Gasteiger charge is -2.00. The van der Waals surface area contributed by atoms with Gasteiger partial charge in [-0.05, 0) is 22.6 Å². The van der Waals surface area contributed by atoms with E-state index < -0.39 is 0 Å². The van der Waals surface area contributed by atoms with Crippen molar-refractivity contribution in [2.45, 2.75) is 0 Å². The molecule has 0 aliphatic carbocycles. The molecule has 1 rings (SSSR count).